The number of para-hydroxylation sites is 1. The van der Waals surface area contributed by atoms with Crippen LogP contribution in [-0.2, 0) is 0 Å². The summed E-state index contributed by atoms with van der Waals surface area (Å²) < 4.78 is 5.76. The number of nitrogens with one attached hydrogen (secondary N) is 1. The van der Waals surface area contributed by atoms with E-state index in [9.17, 15) is 0 Å². The third-order valence-corrected chi connectivity index (χ3v) is 4.35. The van der Waals surface area contributed by atoms with Gasteiger partial charge in [0.25, 0.3) is 0 Å². The molecule has 1 aliphatic heterocycles. The van der Waals surface area contributed by atoms with Crippen molar-refractivity contribution in [2.75, 3.05) is 6.61 Å². The molecule has 2 aromatic rings. The number of rotatable bonds is 3. The number of nitrogens with two attached hydrogens (primary N) is 1. The van der Waals surface area contributed by atoms with E-state index in [1.165, 1.54) is 22.3 Å². The van der Waals surface area contributed by atoms with Gasteiger partial charge in [0, 0.05) is 5.92 Å². The van der Waals surface area contributed by atoms with Gasteiger partial charge in [0.2, 0.25) is 0 Å². The fourth-order valence-electron chi connectivity index (χ4n) is 3.31. The molecular formula is C18H22N2O. The van der Waals surface area contributed by atoms with Gasteiger partial charge >= 0.3 is 0 Å². The molecule has 3 N–H and O–H groups in total. The van der Waals surface area contributed by atoms with E-state index in [1.54, 1.807) is 0 Å². The fraction of sp³-hybridized carbons (Fsp3) is 0.333. The van der Waals surface area contributed by atoms with Crippen LogP contribution in [0, 0.1) is 13.8 Å². The number of fused-ring (bicyclic) bond motifs is 1. The second kappa shape index (κ2) is 5.88. The van der Waals surface area contributed by atoms with Crippen molar-refractivity contribution in [1.29, 1.82) is 0 Å². The minimum absolute atomic E-state index is 0.107. The van der Waals surface area contributed by atoms with E-state index < -0.39 is 0 Å². The summed E-state index contributed by atoms with van der Waals surface area (Å²) in [6.45, 7) is 5.01. The van der Waals surface area contributed by atoms with Gasteiger partial charge in [-0.3, -0.25) is 11.3 Å². The molecule has 0 saturated heterocycles. The second-order valence-corrected chi connectivity index (χ2v) is 5.79. The molecule has 0 aliphatic carbocycles. The van der Waals surface area contributed by atoms with Gasteiger partial charge in [-0.2, -0.15) is 0 Å². The summed E-state index contributed by atoms with van der Waals surface area (Å²) in [4.78, 5) is 0. The first-order valence-electron chi connectivity index (χ1n) is 7.45. The number of hydrogen-bond acceptors (Lipinski definition) is 3. The van der Waals surface area contributed by atoms with Crippen LogP contribution in [0.4, 0.5) is 0 Å². The van der Waals surface area contributed by atoms with Gasteiger partial charge in [-0.1, -0.05) is 42.0 Å². The van der Waals surface area contributed by atoms with E-state index in [-0.39, 0.29) is 6.04 Å². The van der Waals surface area contributed by atoms with Crippen molar-refractivity contribution < 1.29 is 4.74 Å². The van der Waals surface area contributed by atoms with Crippen LogP contribution in [0.3, 0.4) is 0 Å². The molecule has 1 heterocycles. The van der Waals surface area contributed by atoms with Crippen molar-refractivity contribution >= 4 is 0 Å². The van der Waals surface area contributed by atoms with Gasteiger partial charge in [0.1, 0.15) is 5.75 Å². The van der Waals surface area contributed by atoms with Crippen molar-refractivity contribution in [3.8, 4) is 5.75 Å². The molecular weight excluding hydrogens is 260 g/mol. The molecule has 21 heavy (non-hydrogen) atoms. The maximum Gasteiger partial charge on any atom is 0.122 e. The molecule has 2 aromatic carbocycles. The average Bonchev–Trinajstić information content (AvgIpc) is 2.50. The Morgan fingerprint density at radius 3 is 2.76 bits per heavy atom. The van der Waals surface area contributed by atoms with Gasteiger partial charge in [-0.05, 0) is 43.0 Å². The Bertz CT molecular complexity index is 639. The van der Waals surface area contributed by atoms with E-state index in [1.807, 2.05) is 12.1 Å². The van der Waals surface area contributed by atoms with E-state index in [0.717, 1.165) is 18.8 Å². The minimum atomic E-state index is 0.107. The molecule has 110 valence electrons. The molecule has 1 aliphatic rings. The average molecular weight is 282 g/mol. The monoisotopic (exact) mass is 282 g/mol. The van der Waals surface area contributed by atoms with Crippen LogP contribution in [-0.4, -0.2) is 6.61 Å². The summed E-state index contributed by atoms with van der Waals surface area (Å²) in [5.74, 6) is 7.23. The summed E-state index contributed by atoms with van der Waals surface area (Å²) in [7, 11) is 0. The molecule has 0 radical (unpaired) electrons. The van der Waals surface area contributed by atoms with E-state index in [2.05, 4.69) is 49.6 Å². The fourth-order valence-corrected chi connectivity index (χ4v) is 3.31. The second-order valence-electron chi connectivity index (χ2n) is 5.79. The molecule has 0 bridgehead atoms. The molecule has 2 unspecified atom stereocenters. The van der Waals surface area contributed by atoms with Crippen molar-refractivity contribution in [2.24, 2.45) is 5.84 Å². The first-order valence-corrected chi connectivity index (χ1v) is 7.45. The lowest BCUT2D eigenvalue weighted by atomic mass is 9.82. The molecule has 3 rings (SSSR count). The molecule has 0 amide bonds. The zero-order valence-corrected chi connectivity index (χ0v) is 12.6. The highest BCUT2D eigenvalue weighted by molar-refractivity contribution is 5.42. The number of aryl methyl sites for hydroxylation is 2. The summed E-state index contributed by atoms with van der Waals surface area (Å²) >= 11 is 0. The lowest BCUT2D eigenvalue weighted by Gasteiger charge is -2.33. The smallest absolute Gasteiger partial charge is 0.122 e. The molecule has 2 atom stereocenters. The normalized spacial score (nSPS) is 18.7. The Labute approximate surface area is 126 Å². The Morgan fingerprint density at radius 2 is 2.00 bits per heavy atom. The van der Waals surface area contributed by atoms with Crippen LogP contribution in [0.15, 0.2) is 42.5 Å². The minimum Gasteiger partial charge on any atom is -0.493 e. The highest BCUT2D eigenvalue weighted by atomic mass is 16.5. The van der Waals surface area contributed by atoms with Gasteiger partial charge < -0.3 is 4.74 Å². The maximum absolute atomic E-state index is 5.91. The van der Waals surface area contributed by atoms with Crippen molar-refractivity contribution in [2.45, 2.75) is 32.2 Å². The highest BCUT2D eigenvalue weighted by Crippen LogP contribution is 2.41. The Balaban J connectivity index is 2.01. The van der Waals surface area contributed by atoms with Crippen LogP contribution in [0.25, 0.3) is 0 Å². The summed E-state index contributed by atoms with van der Waals surface area (Å²) in [5.41, 5.74) is 8.10. The predicted molar refractivity (Wildman–Crippen MR) is 85.3 cm³/mol. The lowest BCUT2D eigenvalue weighted by molar-refractivity contribution is 0.246. The van der Waals surface area contributed by atoms with Gasteiger partial charge in [-0.25, -0.2) is 0 Å². The van der Waals surface area contributed by atoms with E-state index in [0.29, 0.717) is 5.92 Å². The van der Waals surface area contributed by atoms with Crippen LogP contribution in [0.1, 0.15) is 40.6 Å². The first kappa shape index (κ1) is 14.1. The largest absolute Gasteiger partial charge is 0.493 e. The third kappa shape index (κ3) is 2.67. The highest BCUT2D eigenvalue weighted by Gasteiger charge is 2.30. The molecule has 3 nitrogen and oxygen atoms in total. The molecule has 0 saturated carbocycles. The van der Waals surface area contributed by atoms with Crippen LogP contribution in [0.2, 0.25) is 0 Å². The Hall–Kier alpha value is -1.84. The van der Waals surface area contributed by atoms with Crippen LogP contribution < -0.4 is 16.0 Å². The summed E-state index contributed by atoms with van der Waals surface area (Å²) in [6, 6.07) is 14.9. The molecule has 0 spiro atoms. The number of benzene rings is 2. The lowest BCUT2D eigenvalue weighted by Crippen LogP contribution is -2.35. The Kier molecular flexibility index (Phi) is 3.95. The number of hydrazine groups is 1. The number of ether oxygens (including phenoxy) is 1. The summed E-state index contributed by atoms with van der Waals surface area (Å²) in [6.07, 6.45) is 0.971. The molecule has 0 fully saturated rings. The van der Waals surface area contributed by atoms with Crippen molar-refractivity contribution in [1.82, 2.24) is 5.43 Å². The van der Waals surface area contributed by atoms with Crippen molar-refractivity contribution in [3.63, 3.8) is 0 Å². The van der Waals surface area contributed by atoms with Crippen molar-refractivity contribution in [3.05, 3.63) is 64.7 Å². The van der Waals surface area contributed by atoms with Gasteiger partial charge in [0.05, 0.1) is 12.6 Å². The predicted octanol–water partition coefficient (Wildman–Crippen LogP) is 3.37. The third-order valence-electron chi connectivity index (χ3n) is 4.35. The van der Waals surface area contributed by atoms with Crippen LogP contribution in [0.5, 0.6) is 5.75 Å². The summed E-state index contributed by atoms with van der Waals surface area (Å²) in [5, 5.41) is 0. The zero-order chi connectivity index (χ0) is 14.8. The number of hydrogen-bond donors (Lipinski definition) is 2. The SMILES string of the molecule is Cc1ccc(C(NN)C2CCOc3ccccc32)c(C)c1. The standard InChI is InChI=1S/C18H22N2O/c1-12-7-8-14(13(2)11-12)18(20-19)16-9-10-21-17-6-4-3-5-15(16)17/h3-8,11,16,18,20H,9-10,19H2,1-2H3. The van der Waals surface area contributed by atoms with Gasteiger partial charge in [0.15, 0.2) is 0 Å². The van der Waals surface area contributed by atoms with E-state index >= 15 is 0 Å². The zero-order valence-electron chi connectivity index (χ0n) is 12.6. The quantitative estimate of drug-likeness (QED) is 0.670. The first-order chi connectivity index (χ1) is 10.2. The maximum atomic E-state index is 5.91. The topological polar surface area (TPSA) is 47.3 Å². The molecule has 0 aromatic heterocycles. The molecule has 3 heteroatoms. The Morgan fingerprint density at radius 1 is 1.19 bits per heavy atom. The van der Waals surface area contributed by atoms with E-state index in [4.69, 9.17) is 10.6 Å². The van der Waals surface area contributed by atoms with Gasteiger partial charge in [-0.15, -0.1) is 0 Å². The van der Waals surface area contributed by atoms with Crippen LogP contribution >= 0.6 is 0 Å².